The van der Waals surface area contributed by atoms with Crippen molar-refractivity contribution in [3.63, 3.8) is 0 Å². The smallest absolute Gasteiger partial charge is 0.234 e. The number of halogens is 1. The topological polar surface area (TPSA) is 86.1 Å². The zero-order valence-electron chi connectivity index (χ0n) is 19.6. The molecule has 0 aliphatic heterocycles. The van der Waals surface area contributed by atoms with Crippen LogP contribution in [-0.2, 0) is 11.3 Å². The van der Waals surface area contributed by atoms with Gasteiger partial charge in [-0.1, -0.05) is 41.6 Å². The third kappa shape index (κ3) is 6.27. The SMILES string of the molecule is C=CCn1c(SCC(=O)Nc2cccc(C(C)=O)c2)nnc1C(C)Oc1cc(C)c(Cl)c(C)c1. The van der Waals surface area contributed by atoms with Gasteiger partial charge in [-0.3, -0.25) is 14.2 Å². The Balaban J connectivity index is 1.69. The first-order valence-electron chi connectivity index (χ1n) is 10.7. The third-order valence-corrected chi connectivity index (χ3v) is 6.59. The Bertz CT molecular complexity index is 1200. The number of amides is 1. The average molecular weight is 499 g/mol. The van der Waals surface area contributed by atoms with E-state index in [1.54, 1.807) is 30.3 Å². The number of ketones is 1. The molecule has 1 heterocycles. The van der Waals surface area contributed by atoms with Crippen LogP contribution in [0.25, 0.3) is 0 Å². The van der Waals surface area contributed by atoms with Crippen molar-refractivity contribution in [1.82, 2.24) is 14.8 Å². The molecule has 0 aliphatic rings. The van der Waals surface area contributed by atoms with Gasteiger partial charge in [-0.15, -0.1) is 16.8 Å². The summed E-state index contributed by atoms with van der Waals surface area (Å²) in [6, 6.07) is 10.6. The van der Waals surface area contributed by atoms with Gasteiger partial charge in [0.2, 0.25) is 5.91 Å². The number of nitrogens with zero attached hydrogens (tertiary/aromatic N) is 3. The number of thioether (sulfide) groups is 1. The number of hydrogen-bond donors (Lipinski definition) is 1. The molecular weight excluding hydrogens is 472 g/mol. The minimum Gasteiger partial charge on any atom is -0.483 e. The number of rotatable bonds is 10. The monoisotopic (exact) mass is 498 g/mol. The third-order valence-electron chi connectivity index (χ3n) is 5.03. The number of aromatic nitrogens is 3. The van der Waals surface area contributed by atoms with Crippen molar-refractivity contribution in [2.45, 2.75) is 45.5 Å². The number of hydrogen-bond acceptors (Lipinski definition) is 6. The summed E-state index contributed by atoms with van der Waals surface area (Å²) in [7, 11) is 0. The highest BCUT2D eigenvalue weighted by Crippen LogP contribution is 2.30. The summed E-state index contributed by atoms with van der Waals surface area (Å²) < 4.78 is 8.00. The molecule has 1 atom stereocenters. The molecule has 7 nitrogen and oxygen atoms in total. The van der Waals surface area contributed by atoms with E-state index in [1.807, 2.05) is 37.5 Å². The maximum atomic E-state index is 12.5. The molecule has 0 saturated carbocycles. The lowest BCUT2D eigenvalue weighted by molar-refractivity contribution is -0.113. The highest BCUT2D eigenvalue weighted by atomic mass is 35.5. The second-order valence-corrected chi connectivity index (χ2v) is 9.17. The summed E-state index contributed by atoms with van der Waals surface area (Å²) in [4.78, 5) is 24.0. The number of nitrogens with one attached hydrogen (secondary N) is 1. The lowest BCUT2D eigenvalue weighted by Gasteiger charge is -2.17. The van der Waals surface area contributed by atoms with E-state index in [9.17, 15) is 9.59 Å². The van der Waals surface area contributed by atoms with Crippen LogP contribution in [0.4, 0.5) is 5.69 Å². The molecule has 1 unspecified atom stereocenters. The zero-order valence-corrected chi connectivity index (χ0v) is 21.2. The van der Waals surface area contributed by atoms with Crippen LogP contribution < -0.4 is 10.1 Å². The molecule has 0 radical (unpaired) electrons. The van der Waals surface area contributed by atoms with Crippen LogP contribution in [0.2, 0.25) is 5.02 Å². The van der Waals surface area contributed by atoms with Crippen molar-refractivity contribution in [3.05, 3.63) is 76.6 Å². The van der Waals surface area contributed by atoms with Crippen LogP contribution in [-0.4, -0.2) is 32.2 Å². The Hall–Kier alpha value is -3.10. The number of carbonyl (C=O) groups excluding carboxylic acids is 2. The van der Waals surface area contributed by atoms with E-state index >= 15 is 0 Å². The summed E-state index contributed by atoms with van der Waals surface area (Å²) in [5.41, 5.74) is 2.99. The minimum atomic E-state index is -0.384. The van der Waals surface area contributed by atoms with Gasteiger partial charge < -0.3 is 10.1 Å². The molecule has 2 aromatic carbocycles. The number of anilines is 1. The van der Waals surface area contributed by atoms with E-state index < -0.39 is 0 Å². The Morgan fingerprint density at radius 2 is 1.94 bits per heavy atom. The molecule has 0 saturated heterocycles. The van der Waals surface area contributed by atoms with Gasteiger partial charge in [0, 0.05) is 22.8 Å². The molecular formula is C25H27ClN4O3S. The van der Waals surface area contributed by atoms with Crippen LogP contribution >= 0.6 is 23.4 Å². The molecule has 3 aromatic rings. The fourth-order valence-electron chi connectivity index (χ4n) is 3.38. The highest BCUT2D eigenvalue weighted by molar-refractivity contribution is 7.99. The maximum absolute atomic E-state index is 12.5. The van der Waals surface area contributed by atoms with Crippen molar-refractivity contribution in [2.24, 2.45) is 0 Å². The predicted molar refractivity (Wildman–Crippen MR) is 136 cm³/mol. The van der Waals surface area contributed by atoms with Gasteiger partial charge in [0.05, 0.1) is 5.75 Å². The van der Waals surface area contributed by atoms with Crippen LogP contribution in [0.15, 0.2) is 54.2 Å². The number of ether oxygens (including phenoxy) is 1. The Labute approximate surface area is 208 Å². The summed E-state index contributed by atoms with van der Waals surface area (Å²) in [6.45, 7) is 11.5. The van der Waals surface area contributed by atoms with Gasteiger partial charge >= 0.3 is 0 Å². The molecule has 0 fully saturated rings. The quantitative estimate of drug-likeness (QED) is 0.216. The molecule has 1 aromatic heterocycles. The van der Waals surface area contributed by atoms with Crippen molar-refractivity contribution in [3.8, 4) is 5.75 Å². The Kier molecular flexibility index (Phi) is 8.52. The van der Waals surface area contributed by atoms with Crippen LogP contribution in [0.1, 0.15) is 47.3 Å². The van der Waals surface area contributed by atoms with Crippen molar-refractivity contribution < 1.29 is 14.3 Å². The molecule has 1 amide bonds. The molecule has 0 spiro atoms. The first-order chi connectivity index (χ1) is 16.2. The molecule has 3 rings (SSSR count). The largest absolute Gasteiger partial charge is 0.483 e. The van der Waals surface area contributed by atoms with Crippen LogP contribution in [0, 0.1) is 13.8 Å². The van der Waals surface area contributed by atoms with E-state index in [1.165, 1.54) is 18.7 Å². The number of allylic oxidation sites excluding steroid dienone is 1. The van der Waals surface area contributed by atoms with Crippen molar-refractivity contribution in [1.29, 1.82) is 0 Å². The van der Waals surface area contributed by atoms with E-state index in [-0.39, 0.29) is 23.5 Å². The maximum Gasteiger partial charge on any atom is 0.234 e. The molecule has 178 valence electrons. The van der Waals surface area contributed by atoms with Crippen molar-refractivity contribution in [2.75, 3.05) is 11.1 Å². The lowest BCUT2D eigenvalue weighted by atomic mass is 10.1. The predicted octanol–water partition coefficient (Wildman–Crippen LogP) is 5.81. The van der Waals surface area contributed by atoms with E-state index in [0.717, 1.165) is 16.1 Å². The first kappa shape index (κ1) is 25.5. The van der Waals surface area contributed by atoms with Gasteiger partial charge in [0.15, 0.2) is 22.9 Å². The molecule has 1 N–H and O–H groups in total. The first-order valence-corrected chi connectivity index (χ1v) is 12.1. The van der Waals surface area contributed by atoms with Gasteiger partial charge in [0.25, 0.3) is 0 Å². The van der Waals surface area contributed by atoms with Gasteiger partial charge in [-0.05, 0) is 63.1 Å². The zero-order chi connectivity index (χ0) is 24.8. The number of benzene rings is 2. The fraction of sp³-hybridized carbons (Fsp3) is 0.280. The lowest BCUT2D eigenvalue weighted by Crippen LogP contribution is -2.16. The fourth-order valence-corrected chi connectivity index (χ4v) is 4.25. The number of carbonyl (C=O) groups is 2. The van der Waals surface area contributed by atoms with Gasteiger partial charge in [-0.2, -0.15) is 0 Å². The molecule has 9 heteroatoms. The van der Waals surface area contributed by atoms with Crippen molar-refractivity contribution >= 4 is 40.7 Å². The second-order valence-electron chi connectivity index (χ2n) is 7.85. The Morgan fingerprint density at radius 1 is 1.24 bits per heavy atom. The molecule has 0 aliphatic carbocycles. The average Bonchev–Trinajstić information content (AvgIpc) is 3.19. The summed E-state index contributed by atoms with van der Waals surface area (Å²) in [5, 5.41) is 12.7. The van der Waals surface area contributed by atoms with Gasteiger partial charge in [-0.25, -0.2) is 0 Å². The highest BCUT2D eigenvalue weighted by Gasteiger charge is 2.20. The minimum absolute atomic E-state index is 0.0595. The standard InChI is InChI=1S/C25H27ClN4O3S/c1-6-10-30-24(18(5)33-21-11-15(2)23(26)16(3)12-21)28-29-25(30)34-14-22(32)27-20-9-7-8-19(13-20)17(4)31/h6-9,11-13,18H,1,10,14H2,2-5H3,(H,27,32). The molecule has 0 bridgehead atoms. The number of aryl methyl sites for hydroxylation is 2. The summed E-state index contributed by atoms with van der Waals surface area (Å²) >= 11 is 7.53. The van der Waals surface area contributed by atoms with Crippen LogP contribution in [0.3, 0.4) is 0 Å². The summed E-state index contributed by atoms with van der Waals surface area (Å²) in [6.07, 6.45) is 1.36. The van der Waals surface area contributed by atoms with E-state index in [0.29, 0.717) is 34.5 Å². The molecule has 34 heavy (non-hydrogen) atoms. The van der Waals surface area contributed by atoms with Crippen LogP contribution in [0.5, 0.6) is 5.75 Å². The second kappa shape index (κ2) is 11.4. The Morgan fingerprint density at radius 3 is 2.59 bits per heavy atom. The van der Waals surface area contributed by atoms with Gasteiger partial charge in [0.1, 0.15) is 5.75 Å². The number of Topliss-reactive ketones (excluding diaryl/α,β-unsaturated/α-hetero) is 1. The summed E-state index contributed by atoms with van der Waals surface area (Å²) in [5.74, 6) is 1.18. The van der Waals surface area contributed by atoms with E-state index in [2.05, 4.69) is 22.1 Å². The normalized spacial score (nSPS) is 11.7. The van der Waals surface area contributed by atoms with E-state index in [4.69, 9.17) is 16.3 Å².